The molecule has 32 heavy (non-hydrogen) atoms. The normalized spacial score (nSPS) is 12.5. The van der Waals surface area contributed by atoms with Crippen LogP contribution < -0.4 is 10.1 Å². The van der Waals surface area contributed by atoms with Gasteiger partial charge in [-0.25, -0.2) is 0 Å². The third kappa shape index (κ3) is 3.99. The number of carbonyl (C=O) groups is 1. The van der Waals surface area contributed by atoms with Crippen LogP contribution in [0.3, 0.4) is 0 Å². The van der Waals surface area contributed by atoms with Crippen molar-refractivity contribution in [2.45, 2.75) is 32.5 Å². The number of aryl methyl sites for hydroxylation is 1. The van der Waals surface area contributed by atoms with Gasteiger partial charge in [0.2, 0.25) is 0 Å². The van der Waals surface area contributed by atoms with Crippen LogP contribution in [0, 0.1) is 0 Å². The second-order valence-corrected chi connectivity index (χ2v) is 7.77. The molecule has 0 bridgehead atoms. The number of carbonyl (C=O) groups excluding carboxylic acids is 1. The molecule has 4 aromatic rings. The topological polar surface area (TPSA) is 86.9 Å². The number of rotatable bonds is 7. The van der Waals surface area contributed by atoms with E-state index >= 15 is 0 Å². The van der Waals surface area contributed by atoms with Gasteiger partial charge in [0.15, 0.2) is 5.82 Å². The molecule has 5 rings (SSSR count). The molecule has 0 aliphatic carbocycles. The van der Waals surface area contributed by atoms with Crippen LogP contribution in [0.15, 0.2) is 60.8 Å². The molecule has 0 unspecified atom stereocenters. The Labute approximate surface area is 185 Å². The van der Waals surface area contributed by atoms with Gasteiger partial charge in [0.25, 0.3) is 5.91 Å². The third-order valence-electron chi connectivity index (χ3n) is 5.65. The third-order valence-corrected chi connectivity index (χ3v) is 5.65. The van der Waals surface area contributed by atoms with Crippen molar-refractivity contribution in [2.24, 2.45) is 0 Å². The minimum absolute atomic E-state index is 0.189. The molecule has 0 saturated heterocycles. The Kier molecular flexibility index (Phi) is 5.41. The molecule has 0 saturated carbocycles. The van der Waals surface area contributed by atoms with Crippen molar-refractivity contribution in [3.63, 3.8) is 0 Å². The van der Waals surface area contributed by atoms with E-state index in [2.05, 4.69) is 20.1 Å². The Hall–Kier alpha value is -3.94. The molecular formula is C24H24N6O2. The largest absolute Gasteiger partial charge is 0.497 e. The van der Waals surface area contributed by atoms with Gasteiger partial charge in [-0.1, -0.05) is 30.3 Å². The predicted molar refractivity (Wildman–Crippen MR) is 119 cm³/mol. The summed E-state index contributed by atoms with van der Waals surface area (Å²) in [6.07, 6.45) is 3.81. The summed E-state index contributed by atoms with van der Waals surface area (Å²) in [4.78, 5) is 13.2. The van der Waals surface area contributed by atoms with Crippen molar-refractivity contribution in [3.05, 3.63) is 83.6 Å². The Bertz CT molecular complexity index is 1230. The number of ether oxygens (including phenoxy) is 1. The number of hydrogen-bond acceptors (Lipinski definition) is 5. The molecule has 162 valence electrons. The molecule has 8 heteroatoms. The molecular weight excluding hydrogens is 404 g/mol. The zero-order valence-corrected chi connectivity index (χ0v) is 17.9. The van der Waals surface area contributed by atoms with Crippen LogP contribution in [-0.4, -0.2) is 37.6 Å². The minimum Gasteiger partial charge on any atom is -0.497 e. The molecule has 0 fully saturated rings. The molecule has 0 atom stereocenters. The van der Waals surface area contributed by atoms with E-state index in [-0.39, 0.29) is 5.91 Å². The number of methoxy groups -OCH3 is 1. The van der Waals surface area contributed by atoms with E-state index in [0.717, 1.165) is 47.9 Å². The Morgan fingerprint density at radius 1 is 1.09 bits per heavy atom. The van der Waals surface area contributed by atoms with Gasteiger partial charge in [0.1, 0.15) is 17.3 Å². The lowest BCUT2D eigenvalue weighted by Gasteiger charge is -2.06. The number of nitrogens with zero attached hydrogens (tertiary/aromatic N) is 5. The number of benzene rings is 2. The molecule has 2 aromatic carbocycles. The number of fused-ring (bicyclic) bond motifs is 1. The van der Waals surface area contributed by atoms with Crippen molar-refractivity contribution in [2.75, 3.05) is 7.11 Å². The first-order valence-corrected chi connectivity index (χ1v) is 10.7. The van der Waals surface area contributed by atoms with Gasteiger partial charge < -0.3 is 14.6 Å². The van der Waals surface area contributed by atoms with Gasteiger partial charge in [-0.05, 0) is 36.2 Å². The maximum absolute atomic E-state index is 13.2. The average Bonchev–Trinajstić information content (AvgIpc) is 3.55. The van der Waals surface area contributed by atoms with E-state index in [9.17, 15) is 4.79 Å². The maximum atomic E-state index is 13.2. The smallest absolute Gasteiger partial charge is 0.255 e. The summed E-state index contributed by atoms with van der Waals surface area (Å²) in [6, 6.07) is 17.6. The standard InChI is InChI=1S/C24H24N6O2/c1-32-19-11-9-18(10-12-19)23-20(16-29(28-23)15-17-6-3-2-4-7-17)24(31)25-14-22-27-26-21-8-5-13-30(21)22/h2-4,6-7,9-12,16H,5,8,13-15H2,1H3,(H,25,31). The Balaban J connectivity index is 1.42. The van der Waals surface area contributed by atoms with Crippen LogP contribution in [0.1, 0.15) is 34.0 Å². The van der Waals surface area contributed by atoms with Gasteiger partial charge in [-0.2, -0.15) is 5.10 Å². The first-order chi connectivity index (χ1) is 15.7. The van der Waals surface area contributed by atoms with Crippen molar-refractivity contribution in [1.29, 1.82) is 0 Å². The highest BCUT2D eigenvalue weighted by Crippen LogP contribution is 2.25. The van der Waals surface area contributed by atoms with E-state index in [1.165, 1.54) is 0 Å². The van der Waals surface area contributed by atoms with E-state index in [1.54, 1.807) is 18.0 Å². The molecule has 1 aliphatic rings. The lowest BCUT2D eigenvalue weighted by atomic mass is 10.1. The number of nitrogens with one attached hydrogen (secondary N) is 1. The minimum atomic E-state index is -0.189. The fourth-order valence-electron chi connectivity index (χ4n) is 4.00. The molecule has 3 heterocycles. The molecule has 0 radical (unpaired) electrons. The van der Waals surface area contributed by atoms with Crippen LogP contribution in [0.2, 0.25) is 0 Å². The lowest BCUT2D eigenvalue weighted by Crippen LogP contribution is -2.25. The van der Waals surface area contributed by atoms with E-state index < -0.39 is 0 Å². The van der Waals surface area contributed by atoms with Crippen LogP contribution in [0.4, 0.5) is 0 Å². The van der Waals surface area contributed by atoms with Crippen LogP contribution in [-0.2, 0) is 26.1 Å². The number of amides is 1. The van der Waals surface area contributed by atoms with Gasteiger partial charge in [-0.15, -0.1) is 10.2 Å². The van der Waals surface area contributed by atoms with E-state index in [1.807, 2.05) is 54.6 Å². The highest BCUT2D eigenvalue weighted by atomic mass is 16.5. The van der Waals surface area contributed by atoms with Gasteiger partial charge in [0.05, 0.1) is 25.8 Å². The maximum Gasteiger partial charge on any atom is 0.255 e. The summed E-state index contributed by atoms with van der Waals surface area (Å²) in [5.41, 5.74) is 3.12. The van der Waals surface area contributed by atoms with Crippen molar-refractivity contribution >= 4 is 5.91 Å². The Morgan fingerprint density at radius 2 is 1.91 bits per heavy atom. The fourth-order valence-corrected chi connectivity index (χ4v) is 4.00. The fraction of sp³-hybridized carbons (Fsp3) is 0.250. The average molecular weight is 428 g/mol. The molecule has 1 amide bonds. The van der Waals surface area contributed by atoms with Crippen LogP contribution in [0.5, 0.6) is 5.75 Å². The highest BCUT2D eigenvalue weighted by Gasteiger charge is 2.21. The highest BCUT2D eigenvalue weighted by molar-refractivity contribution is 5.99. The second kappa shape index (κ2) is 8.66. The lowest BCUT2D eigenvalue weighted by molar-refractivity contribution is 0.0950. The Morgan fingerprint density at radius 3 is 2.69 bits per heavy atom. The van der Waals surface area contributed by atoms with Gasteiger partial charge in [0, 0.05) is 24.7 Å². The summed E-state index contributed by atoms with van der Waals surface area (Å²) < 4.78 is 9.15. The van der Waals surface area contributed by atoms with Crippen LogP contribution >= 0.6 is 0 Å². The van der Waals surface area contributed by atoms with Crippen LogP contribution in [0.25, 0.3) is 11.3 Å². The van der Waals surface area contributed by atoms with Crippen molar-refractivity contribution in [1.82, 2.24) is 29.9 Å². The monoisotopic (exact) mass is 428 g/mol. The molecule has 1 aliphatic heterocycles. The first-order valence-electron chi connectivity index (χ1n) is 10.7. The summed E-state index contributed by atoms with van der Waals surface area (Å²) >= 11 is 0. The zero-order valence-electron chi connectivity index (χ0n) is 17.9. The van der Waals surface area contributed by atoms with E-state index in [0.29, 0.717) is 24.3 Å². The second-order valence-electron chi connectivity index (χ2n) is 7.77. The first kappa shape index (κ1) is 20.0. The van der Waals surface area contributed by atoms with Crippen molar-refractivity contribution in [3.8, 4) is 17.0 Å². The SMILES string of the molecule is COc1ccc(-c2nn(Cc3ccccc3)cc2C(=O)NCc2nnc3n2CCC3)cc1. The zero-order chi connectivity index (χ0) is 21.9. The number of aromatic nitrogens is 5. The number of hydrogen-bond donors (Lipinski definition) is 1. The van der Waals surface area contributed by atoms with Gasteiger partial charge >= 0.3 is 0 Å². The molecule has 8 nitrogen and oxygen atoms in total. The van der Waals surface area contributed by atoms with Gasteiger partial charge in [-0.3, -0.25) is 9.48 Å². The molecule has 0 spiro atoms. The summed E-state index contributed by atoms with van der Waals surface area (Å²) in [5, 5.41) is 16.2. The summed E-state index contributed by atoms with van der Waals surface area (Å²) in [6.45, 7) is 1.81. The quantitative estimate of drug-likeness (QED) is 0.489. The predicted octanol–water partition coefficient (Wildman–Crippen LogP) is 3.07. The summed E-state index contributed by atoms with van der Waals surface area (Å²) in [7, 11) is 1.63. The van der Waals surface area contributed by atoms with Crippen molar-refractivity contribution < 1.29 is 9.53 Å². The molecule has 2 aromatic heterocycles. The molecule has 1 N–H and O–H groups in total. The van der Waals surface area contributed by atoms with E-state index in [4.69, 9.17) is 9.84 Å². The summed E-state index contributed by atoms with van der Waals surface area (Å²) in [5.74, 6) is 2.34.